The third kappa shape index (κ3) is 4.64. The third-order valence-electron chi connectivity index (χ3n) is 7.16. The molecule has 1 heterocycles. The summed E-state index contributed by atoms with van der Waals surface area (Å²) in [6.45, 7) is 1.56. The predicted octanol–water partition coefficient (Wildman–Crippen LogP) is 3.42. The number of likely N-dealkylation sites (tertiary alicyclic amines) is 1. The Labute approximate surface area is 178 Å². The molecule has 30 heavy (non-hydrogen) atoms. The number of benzene rings is 1. The Morgan fingerprint density at radius 1 is 0.967 bits per heavy atom. The number of hydrogen-bond acceptors (Lipinski definition) is 5. The molecule has 2 aliphatic carbocycles. The van der Waals surface area contributed by atoms with Crippen LogP contribution in [0, 0.1) is 17.8 Å². The third-order valence-corrected chi connectivity index (χ3v) is 7.16. The van der Waals surface area contributed by atoms with E-state index in [1.54, 1.807) is 24.3 Å². The van der Waals surface area contributed by atoms with Crippen molar-refractivity contribution in [2.45, 2.75) is 63.6 Å². The van der Waals surface area contributed by atoms with Gasteiger partial charge in [0.2, 0.25) is 5.91 Å². The molecule has 1 N–H and O–H groups in total. The molecule has 6 heteroatoms. The number of nitrogens with zero attached hydrogens (tertiary/aromatic N) is 1. The summed E-state index contributed by atoms with van der Waals surface area (Å²) in [5.74, 6) is 1.51. The Morgan fingerprint density at radius 2 is 1.60 bits per heavy atom. The lowest BCUT2D eigenvalue weighted by molar-refractivity contribution is -0.135. The molecule has 4 rings (SSSR count). The van der Waals surface area contributed by atoms with E-state index in [-0.39, 0.29) is 18.0 Å². The summed E-state index contributed by atoms with van der Waals surface area (Å²) < 4.78 is 10.8. The molecule has 1 amide bonds. The SMILES string of the molecule is COC(=O)c1ccc(O[C@H]2C[C@@H]3CN(C(=O)C4CCCCCC4)C[C@@H]3C[C@@H]2O)cc1. The van der Waals surface area contributed by atoms with Gasteiger partial charge in [-0.05, 0) is 61.8 Å². The van der Waals surface area contributed by atoms with Crippen LogP contribution in [0.15, 0.2) is 24.3 Å². The second-order valence-electron chi connectivity index (χ2n) is 9.16. The Hall–Kier alpha value is -2.08. The van der Waals surface area contributed by atoms with Gasteiger partial charge in [-0.3, -0.25) is 4.79 Å². The topological polar surface area (TPSA) is 76.1 Å². The lowest BCUT2D eigenvalue weighted by atomic mass is 9.78. The first kappa shape index (κ1) is 21.2. The second kappa shape index (κ2) is 9.38. The number of amides is 1. The van der Waals surface area contributed by atoms with Crippen LogP contribution in [0.3, 0.4) is 0 Å². The van der Waals surface area contributed by atoms with E-state index in [1.807, 2.05) is 0 Å². The Kier molecular flexibility index (Phi) is 6.61. The number of esters is 1. The molecular formula is C24H33NO5. The largest absolute Gasteiger partial charge is 0.488 e. The molecular weight excluding hydrogens is 382 g/mol. The van der Waals surface area contributed by atoms with Crippen molar-refractivity contribution in [3.63, 3.8) is 0 Å². The number of ether oxygens (including phenoxy) is 2. The monoisotopic (exact) mass is 415 g/mol. The molecule has 164 valence electrons. The number of aliphatic hydroxyl groups excluding tert-OH is 1. The van der Waals surface area contributed by atoms with Crippen LogP contribution in [0.5, 0.6) is 5.75 Å². The Balaban J connectivity index is 1.35. The summed E-state index contributed by atoms with van der Waals surface area (Å²) in [6.07, 6.45) is 7.48. The summed E-state index contributed by atoms with van der Waals surface area (Å²) in [7, 11) is 1.35. The number of fused-ring (bicyclic) bond motifs is 1. The van der Waals surface area contributed by atoms with Gasteiger partial charge in [-0.2, -0.15) is 0 Å². The lowest BCUT2D eigenvalue weighted by Crippen LogP contribution is -2.42. The van der Waals surface area contributed by atoms with Crippen LogP contribution < -0.4 is 4.74 Å². The van der Waals surface area contributed by atoms with Crippen molar-refractivity contribution < 1.29 is 24.2 Å². The van der Waals surface area contributed by atoms with Crippen molar-refractivity contribution in [3.8, 4) is 5.75 Å². The summed E-state index contributed by atoms with van der Waals surface area (Å²) in [6, 6.07) is 6.81. The highest BCUT2D eigenvalue weighted by molar-refractivity contribution is 5.89. The van der Waals surface area contributed by atoms with Gasteiger partial charge in [0.05, 0.1) is 18.8 Å². The number of methoxy groups -OCH3 is 1. The summed E-state index contributed by atoms with van der Waals surface area (Å²) in [4.78, 5) is 26.7. The fraction of sp³-hybridized carbons (Fsp3) is 0.667. The molecule has 0 radical (unpaired) electrons. The standard InChI is InChI=1S/C24H33NO5/c1-29-24(28)17-8-10-20(11-9-17)30-22-13-19-15-25(14-18(19)12-21(22)26)23(27)16-6-4-2-3-5-7-16/h8-11,16,18-19,21-22,26H,2-7,12-15H2,1H3/t18-,19+,21-,22-/m0/s1. The molecule has 6 nitrogen and oxygen atoms in total. The first-order valence-electron chi connectivity index (χ1n) is 11.4. The average molecular weight is 416 g/mol. The molecule has 1 saturated heterocycles. The van der Waals surface area contributed by atoms with Gasteiger partial charge in [-0.25, -0.2) is 4.79 Å². The van der Waals surface area contributed by atoms with Gasteiger partial charge in [-0.1, -0.05) is 25.7 Å². The van der Waals surface area contributed by atoms with Crippen LogP contribution in [0.1, 0.15) is 61.7 Å². The smallest absolute Gasteiger partial charge is 0.337 e. The highest BCUT2D eigenvalue weighted by Crippen LogP contribution is 2.39. The van der Waals surface area contributed by atoms with Crippen LogP contribution in [-0.2, 0) is 9.53 Å². The molecule has 3 fully saturated rings. The van der Waals surface area contributed by atoms with Crippen LogP contribution in [0.2, 0.25) is 0 Å². The number of aliphatic hydroxyl groups is 1. The van der Waals surface area contributed by atoms with Gasteiger partial charge in [-0.15, -0.1) is 0 Å². The van der Waals surface area contributed by atoms with Gasteiger partial charge >= 0.3 is 5.97 Å². The van der Waals surface area contributed by atoms with Crippen LogP contribution >= 0.6 is 0 Å². The fourth-order valence-corrected chi connectivity index (χ4v) is 5.44. The van der Waals surface area contributed by atoms with Crippen molar-refractivity contribution in [3.05, 3.63) is 29.8 Å². The molecule has 0 aromatic heterocycles. The van der Waals surface area contributed by atoms with E-state index in [0.717, 1.165) is 32.4 Å². The molecule has 0 unspecified atom stereocenters. The molecule has 1 aromatic carbocycles. The zero-order valence-electron chi connectivity index (χ0n) is 17.8. The normalized spacial score (nSPS) is 29.7. The number of rotatable bonds is 4. The van der Waals surface area contributed by atoms with E-state index in [9.17, 15) is 14.7 Å². The van der Waals surface area contributed by atoms with Gasteiger partial charge in [0.15, 0.2) is 0 Å². The van der Waals surface area contributed by atoms with Crippen LogP contribution in [0.25, 0.3) is 0 Å². The van der Waals surface area contributed by atoms with Gasteiger partial charge in [0.1, 0.15) is 11.9 Å². The maximum atomic E-state index is 13.1. The molecule has 0 bridgehead atoms. The molecule has 2 saturated carbocycles. The van der Waals surface area contributed by atoms with E-state index in [2.05, 4.69) is 4.90 Å². The van der Waals surface area contributed by atoms with E-state index in [1.165, 1.54) is 32.8 Å². The van der Waals surface area contributed by atoms with E-state index < -0.39 is 6.10 Å². The molecule has 3 aliphatic rings. The molecule has 1 aliphatic heterocycles. The van der Waals surface area contributed by atoms with Gasteiger partial charge < -0.3 is 19.5 Å². The van der Waals surface area contributed by atoms with Crippen molar-refractivity contribution in [2.75, 3.05) is 20.2 Å². The van der Waals surface area contributed by atoms with E-state index in [0.29, 0.717) is 35.5 Å². The maximum Gasteiger partial charge on any atom is 0.337 e. The second-order valence-corrected chi connectivity index (χ2v) is 9.16. The van der Waals surface area contributed by atoms with Gasteiger partial charge in [0.25, 0.3) is 0 Å². The van der Waals surface area contributed by atoms with Crippen molar-refractivity contribution in [2.24, 2.45) is 17.8 Å². The zero-order valence-corrected chi connectivity index (χ0v) is 17.8. The van der Waals surface area contributed by atoms with Crippen LogP contribution in [0.4, 0.5) is 0 Å². The first-order valence-corrected chi connectivity index (χ1v) is 11.4. The molecule has 0 spiro atoms. The molecule has 4 atom stereocenters. The van der Waals surface area contributed by atoms with Gasteiger partial charge in [0, 0.05) is 19.0 Å². The number of carbonyl (C=O) groups excluding carboxylic acids is 2. The van der Waals surface area contributed by atoms with Crippen molar-refractivity contribution in [1.29, 1.82) is 0 Å². The lowest BCUT2D eigenvalue weighted by Gasteiger charge is -2.35. The van der Waals surface area contributed by atoms with E-state index >= 15 is 0 Å². The maximum absolute atomic E-state index is 13.1. The summed E-state index contributed by atoms with van der Waals surface area (Å²) >= 11 is 0. The highest BCUT2D eigenvalue weighted by atomic mass is 16.5. The average Bonchev–Trinajstić information content (AvgIpc) is 2.97. The summed E-state index contributed by atoms with van der Waals surface area (Å²) in [5.41, 5.74) is 0.470. The number of hydrogen-bond donors (Lipinski definition) is 1. The Bertz CT molecular complexity index is 740. The zero-order chi connectivity index (χ0) is 21.1. The van der Waals surface area contributed by atoms with Crippen LogP contribution in [-0.4, -0.2) is 54.3 Å². The minimum Gasteiger partial charge on any atom is -0.488 e. The van der Waals surface area contributed by atoms with Crippen molar-refractivity contribution in [1.82, 2.24) is 4.90 Å². The quantitative estimate of drug-likeness (QED) is 0.602. The highest BCUT2D eigenvalue weighted by Gasteiger charge is 2.44. The van der Waals surface area contributed by atoms with E-state index in [4.69, 9.17) is 9.47 Å². The predicted molar refractivity (Wildman–Crippen MR) is 112 cm³/mol. The van der Waals surface area contributed by atoms with Crippen molar-refractivity contribution >= 4 is 11.9 Å². The summed E-state index contributed by atoms with van der Waals surface area (Å²) in [5, 5.41) is 10.7. The Morgan fingerprint density at radius 3 is 2.23 bits per heavy atom. The minimum atomic E-state index is -0.542. The molecule has 1 aromatic rings. The minimum absolute atomic E-state index is 0.193. The first-order chi connectivity index (χ1) is 14.5. The fourth-order valence-electron chi connectivity index (χ4n) is 5.44. The number of carbonyl (C=O) groups is 2.